The van der Waals surface area contributed by atoms with E-state index in [1.54, 1.807) is 18.3 Å². The highest BCUT2D eigenvalue weighted by atomic mass is 16.5. The highest BCUT2D eigenvalue weighted by Gasteiger charge is 2.34. The second-order valence-electron chi connectivity index (χ2n) is 6.04. The summed E-state index contributed by atoms with van der Waals surface area (Å²) in [7, 11) is 0. The molecule has 3 heterocycles. The lowest BCUT2D eigenvalue weighted by molar-refractivity contribution is 0.0937. The molecule has 8 heteroatoms. The van der Waals surface area contributed by atoms with Crippen LogP contribution in [0.15, 0.2) is 22.9 Å². The second-order valence-corrected chi connectivity index (χ2v) is 6.04. The topological polar surface area (TPSA) is 108 Å². The van der Waals surface area contributed by atoms with E-state index in [1.165, 1.54) is 0 Å². The lowest BCUT2D eigenvalue weighted by Crippen LogP contribution is -2.27. The minimum atomic E-state index is -0.299. The molecule has 1 atom stereocenters. The number of amides is 1. The molecule has 2 fully saturated rings. The summed E-state index contributed by atoms with van der Waals surface area (Å²) in [5.41, 5.74) is 0.510. The average molecular weight is 324 g/mol. The average Bonchev–Trinajstić information content (AvgIpc) is 3.11. The zero-order chi connectivity index (χ0) is 16.5. The van der Waals surface area contributed by atoms with Crippen molar-refractivity contribution >= 4 is 11.7 Å². The molecule has 1 N–H and O–H groups in total. The third-order valence-electron chi connectivity index (χ3n) is 4.27. The van der Waals surface area contributed by atoms with Crippen LogP contribution in [0.3, 0.4) is 0 Å². The quantitative estimate of drug-likeness (QED) is 0.909. The van der Waals surface area contributed by atoms with Gasteiger partial charge in [0.15, 0.2) is 0 Å². The number of aromatic nitrogens is 3. The van der Waals surface area contributed by atoms with Crippen molar-refractivity contribution in [3.05, 3.63) is 35.6 Å². The molecule has 8 nitrogen and oxygen atoms in total. The van der Waals surface area contributed by atoms with Crippen LogP contribution in [0.1, 0.15) is 53.8 Å². The van der Waals surface area contributed by atoms with Crippen LogP contribution in [-0.4, -0.2) is 33.6 Å². The van der Waals surface area contributed by atoms with Crippen LogP contribution >= 0.6 is 0 Å². The molecule has 1 aliphatic heterocycles. The molecule has 1 saturated heterocycles. The fraction of sp³-hybridized carbons (Fsp3) is 0.438. The van der Waals surface area contributed by atoms with Crippen LogP contribution in [0.2, 0.25) is 0 Å². The first-order valence-electron chi connectivity index (χ1n) is 8.02. The van der Waals surface area contributed by atoms with Crippen molar-refractivity contribution in [2.24, 2.45) is 0 Å². The third-order valence-corrected chi connectivity index (χ3v) is 4.27. The zero-order valence-corrected chi connectivity index (χ0v) is 13.0. The van der Waals surface area contributed by atoms with Crippen molar-refractivity contribution in [3.63, 3.8) is 0 Å². The molecule has 2 aliphatic rings. The highest BCUT2D eigenvalue weighted by Crippen LogP contribution is 2.35. The lowest BCUT2D eigenvalue weighted by Gasteiger charge is -2.23. The minimum Gasteiger partial charge on any atom is -0.346 e. The highest BCUT2D eigenvalue weighted by molar-refractivity contribution is 5.90. The Morgan fingerprint density at radius 1 is 1.42 bits per heavy atom. The molecule has 4 rings (SSSR count). The van der Waals surface area contributed by atoms with E-state index in [4.69, 9.17) is 4.52 Å². The molecule has 1 aliphatic carbocycles. The fourth-order valence-electron chi connectivity index (χ4n) is 2.93. The van der Waals surface area contributed by atoms with E-state index < -0.39 is 0 Å². The Morgan fingerprint density at radius 3 is 3.08 bits per heavy atom. The van der Waals surface area contributed by atoms with Crippen LogP contribution in [0.5, 0.6) is 0 Å². The summed E-state index contributed by atoms with van der Waals surface area (Å²) < 4.78 is 5.32. The monoisotopic (exact) mass is 324 g/mol. The van der Waals surface area contributed by atoms with Gasteiger partial charge in [0.25, 0.3) is 11.7 Å². The molecule has 0 spiro atoms. The number of hydrogen-bond acceptors (Lipinski definition) is 7. The second kappa shape index (κ2) is 5.92. The van der Waals surface area contributed by atoms with Crippen molar-refractivity contribution in [1.29, 1.82) is 5.26 Å². The number of carbonyl (C=O) groups is 1. The molecule has 0 bridgehead atoms. The van der Waals surface area contributed by atoms with E-state index >= 15 is 0 Å². The minimum absolute atomic E-state index is 0.0604. The van der Waals surface area contributed by atoms with Crippen molar-refractivity contribution < 1.29 is 9.32 Å². The Kier molecular flexibility index (Phi) is 3.61. The maximum Gasteiger partial charge on any atom is 0.292 e. The van der Waals surface area contributed by atoms with Gasteiger partial charge in [-0.2, -0.15) is 10.2 Å². The van der Waals surface area contributed by atoms with Gasteiger partial charge in [0.1, 0.15) is 17.9 Å². The fourth-order valence-corrected chi connectivity index (χ4v) is 2.93. The summed E-state index contributed by atoms with van der Waals surface area (Å²) in [6.07, 6.45) is 5.41. The Bertz CT molecular complexity index is 807. The zero-order valence-electron chi connectivity index (χ0n) is 13.0. The van der Waals surface area contributed by atoms with Gasteiger partial charge < -0.3 is 14.7 Å². The van der Waals surface area contributed by atoms with Crippen LogP contribution in [-0.2, 0) is 0 Å². The van der Waals surface area contributed by atoms with Crippen LogP contribution < -0.4 is 10.2 Å². The van der Waals surface area contributed by atoms with Crippen molar-refractivity contribution in [2.45, 2.75) is 37.8 Å². The summed E-state index contributed by atoms with van der Waals surface area (Å²) in [6, 6.07) is 5.71. The van der Waals surface area contributed by atoms with E-state index in [1.807, 2.05) is 4.90 Å². The molecular formula is C16H16N6O2. The normalized spacial score (nSPS) is 20.0. The standard InChI is InChI=1S/C16H16N6O2/c17-9-10-3-1-7-18-14(10)22-8-2-4-12(22)16-20-13(21-24-16)15(23)19-11-5-6-11/h1,3,7,11-12H,2,4-6,8H2,(H,19,23)/t12-/m0/s1. The van der Waals surface area contributed by atoms with Gasteiger partial charge in [0.05, 0.1) is 5.56 Å². The molecule has 0 unspecified atom stereocenters. The van der Waals surface area contributed by atoms with Gasteiger partial charge in [-0.3, -0.25) is 4.79 Å². The predicted octanol–water partition coefficient (Wildman–Crippen LogP) is 1.57. The Balaban J connectivity index is 1.58. The smallest absolute Gasteiger partial charge is 0.292 e. The Labute approximate surface area is 138 Å². The maximum absolute atomic E-state index is 12.0. The first kappa shape index (κ1) is 14.6. The number of anilines is 1. The molecule has 24 heavy (non-hydrogen) atoms. The van der Waals surface area contributed by atoms with Crippen LogP contribution in [0.4, 0.5) is 5.82 Å². The van der Waals surface area contributed by atoms with Gasteiger partial charge in [-0.1, -0.05) is 5.16 Å². The third kappa shape index (κ3) is 2.69. The number of pyridine rings is 1. The Morgan fingerprint density at radius 2 is 2.29 bits per heavy atom. The maximum atomic E-state index is 12.0. The number of carbonyl (C=O) groups excluding carboxylic acids is 1. The predicted molar refractivity (Wildman–Crippen MR) is 83.1 cm³/mol. The molecular weight excluding hydrogens is 308 g/mol. The molecule has 2 aromatic rings. The van der Waals surface area contributed by atoms with E-state index in [0.29, 0.717) is 17.3 Å². The number of rotatable bonds is 4. The summed E-state index contributed by atoms with van der Waals surface area (Å²) in [5, 5.41) is 15.9. The number of nitrogens with zero attached hydrogens (tertiary/aromatic N) is 5. The molecule has 1 saturated carbocycles. The van der Waals surface area contributed by atoms with Gasteiger partial charge in [0, 0.05) is 18.8 Å². The van der Waals surface area contributed by atoms with Gasteiger partial charge in [-0.05, 0) is 37.8 Å². The van der Waals surface area contributed by atoms with Crippen molar-refractivity contribution in [2.75, 3.05) is 11.4 Å². The largest absolute Gasteiger partial charge is 0.346 e. The first-order valence-corrected chi connectivity index (χ1v) is 8.02. The Hall–Kier alpha value is -2.95. The molecule has 1 amide bonds. The first-order chi connectivity index (χ1) is 11.8. The molecule has 0 aromatic carbocycles. The van der Waals surface area contributed by atoms with Crippen LogP contribution in [0, 0.1) is 11.3 Å². The molecule has 122 valence electrons. The van der Waals surface area contributed by atoms with Crippen LogP contribution in [0.25, 0.3) is 0 Å². The number of nitrogens with one attached hydrogen (secondary N) is 1. The van der Waals surface area contributed by atoms with Crippen molar-refractivity contribution in [3.8, 4) is 6.07 Å². The van der Waals surface area contributed by atoms with Gasteiger partial charge in [-0.25, -0.2) is 4.98 Å². The molecule has 0 radical (unpaired) electrons. The van der Waals surface area contributed by atoms with Gasteiger partial charge in [0.2, 0.25) is 5.89 Å². The summed E-state index contributed by atoms with van der Waals surface area (Å²) in [6.45, 7) is 0.752. The van der Waals surface area contributed by atoms with E-state index in [0.717, 1.165) is 32.2 Å². The van der Waals surface area contributed by atoms with Crippen molar-refractivity contribution in [1.82, 2.24) is 20.4 Å². The SMILES string of the molecule is N#Cc1cccnc1N1CCC[C@H]1c1nc(C(=O)NC2CC2)no1. The summed E-state index contributed by atoms with van der Waals surface area (Å²) >= 11 is 0. The summed E-state index contributed by atoms with van der Waals surface area (Å²) in [4.78, 5) is 22.6. The van der Waals surface area contributed by atoms with E-state index in [-0.39, 0.29) is 23.8 Å². The van der Waals surface area contributed by atoms with Gasteiger partial charge in [-0.15, -0.1) is 0 Å². The lowest BCUT2D eigenvalue weighted by atomic mass is 10.2. The van der Waals surface area contributed by atoms with E-state index in [9.17, 15) is 10.1 Å². The summed E-state index contributed by atoms with van der Waals surface area (Å²) in [5.74, 6) is 0.769. The molecule has 2 aromatic heterocycles. The van der Waals surface area contributed by atoms with E-state index in [2.05, 4.69) is 26.5 Å². The number of nitriles is 1. The van der Waals surface area contributed by atoms with Gasteiger partial charge >= 0.3 is 0 Å². The number of hydrogen-bond donors (Lipinski definition) is 1.